The molecule has 0 fully saturated rings. The van der Waals surface area contributed by atoms with Crippen LogP contribution in [0.2, 0.25) is 0 Å². The molecule has 6 nitrogen and oxygen atoms in total. The Morgan fingerprint density at radius 3 is 2.40 bits per heavy atom. The number of fused-ring (bicyclic) bond motifs is 1. The highest BCUT2D eigenvalue weighted by Gasteiger charge is 2.33. The maximum atomic E-state index is 12.7. The molecule has 0 aliphatic heterocycles. The molecular weight excluding hydrogens is 333 g/mol. The highest BCUT2D eigenvalue weighted by atomic mass is 19.4. The van der Waals surface area contributed by atoms with Gasteiger partial charge in [-0.15, -0.1) is 0 Å². The lowest BCUT2D eigenvalue weighted by molar-refractivity contribution is -0.141. The number of rotatable bonds is 2. The molecule has 4 aromatic rings. The number of imidazole rings is 1. The summed E-state index contributed by atoms with van der Waals surface area (Å²) in [6.07, 6.45) is 2.47. The van der Waals surface area contributed by atoms with E-state index in [1.807, 2.05) is 12.1 Å². The van der Waals surface area contributed by atoms with E-state index in [-0.39, 0.29) is 5.78 Å². The Hall–Kier alpha value is -3.36. The van der Waals surface area contributed by atoms with Crippen LogP contribution >= 0.6 is 0 Å². The SMILES string of the molecule is FC(F)(F)c1cnn2c(-c3ccnc(-c4ccncc4)c3)cnc2n1. The largest absolute Gasteiger partial charge is 0.435 e. The van der Waals surface area contributed by atoms with Crippen LogP contribution < -0.4 is 0 Å². The Labute approximate surface area is 139 Å². The van der Waals surface area contributed by atoms with Gasteiger partial charge in [-0.3, -0.25) is 9.97 Å². The summed E-state index contributed by atoms with van der Waals surface area (Å²) < 4.78 is 39.5. The highest BCUT2D eigenvalue weighted by molar-refractivity contribution is 5.69. The number of aromatic nitrogens is 6. The molecule has 0 saturated heterocycles. The molecule has 9 heteroatoms. The fraction of sp³-hybridized carbons (Fsp3) is 0.0625. The minimum atomic E-state index is -4.56. The van der Waals surface area contributed by atoms with Crippen molar-refractivity contribution in [2.75, 3.05) is 0 Å². The predicted molar refractivity (Wildman–Crippen MR) is 82.2 cm³/mol. The van der Waals surface area contributed by atoms with E-state index in [1.165, 1.54) is 10.7 Å². The lowest BCUT2D eigenvalue weighted by Crippen LogP contribution is -2.11. The normalized spacial score (nSPS) is 11.8. The van der Waals surface area contributed by atoms with Gasteiger partial charge in [0.05, 0.1) is 23.8 Å². The van der Waals surface area contributed by atoms with Gasteiger partial charge >= 0.3 is 6.18 Å². The van der Waals surface area contributed by atoms with E-state index in [1.54, 1.807) is 30.7 Å². The molecule has 4 rings (SSSR count). The second kappa shape index (κ2) is 5.62. The fourth-order valence-electron chi connectivity index (χ4n) is 2.38. The van der Waals surface area contributed by atoms with Crippen molar-refractivity contribution in [3.05, 3.63) is 60.9 Å². The summed E-state index contributed by atoms with van der Waals surface area (Å²) in [7, 11) is 0. The second-order valence-electron chi connectivity index (χ2n) is 5.16. The number of halogens is 3. The van der Waals surface area contributed by atoms with Crippen molar-refractivity contribution < 1.29 is 13.2 Å². The molecule has 0 bridgehead atoms. The fourth-order valence-corrected chi connectivity index (χ4v) is 2.38. The Morgan fingerprint density at radius 1 is 0.880 bits per heavy atom. The van der Waals surface area contributed by atoms with Gasteiger partial charge in [0.25, 0.3) is 5.78 Å². The number of alkyl halides is 3. The first-order valence-electron chi connectivity index (χ1n) is 7.17. The van der Waals surface area contributed by atoms with Gasteiger partial charge in [-0.2, -0.15) is 22.8 Å². The molecule has 0 aliphatic carbocycles. The van der Waals surface area contributed by atoms with Crippen LogP contribution in [-0.4, -0.2) is 29.5 Å². The van der Waals surface area contributed by atoms with Crippen molar-refractivity contribution in [2.45, 2.75) is 6.18 Å². The zero-order chi connectivity index (χ0) is 17.4. The van der Waals surface area contributed by atoms with Gasteiger partial charge in [0.1, 0.15) is 0 Å². The smallest absolute Gasteiger partial charge is 0.265 e. The molecule has 124 valence electrons. The van der Waals surface area contributed by atoms with Crippen LogP contribution in [0.5, 0.6) is 0 Å². The predicted octanol–water partition coefficient (Wildman–Crippen LogP) is 3.27. The minimum Gasteiger partial charge on any atom is -0.265 e. The zero-order valence-corrected chi connectivity index (χ0v) is 12.5. The quantitative estimate of drug-likeness (QED) is 0.559. The molecule has 0 aromatic carbocycles. The van der Waals surface area contributed by atoms with Gasteiger partial charge < -0.3 is 0 Å². The van der Waals surface area contributed by atoms with E-state index in [2.05, 4.69) is 25.0 Å². The van der Waals surface area contributed by atoms with E-state index in [4.69, 9.17) is 0 Å². The topological polar surface area (TPSA) is 68.9 Å². The van der Waals surface area contributed by atoms with Crippen molar-refractivity contribution in [3.8, 4) is 22.5 Å². The molecule has 0 radical (unpaired) electrons. The average Bonchev–Trinajstić information content (AvgIpc) is 3.05. The Morgan fingerprint density at radius 2 is 1.64 bits per heavy atom. The van der Waals surface area contributed by atoms with E-state index < -0.39 is 11.9 Å². The zero-order valence-electron chi connectivity index (χ0n) is 12.5. The molecule has 4 aromatic heterocycles. The molecule has 0 unspecified atom stereocenters. The maximum absolute atomic E-state index is 12.7. The Balaban J connectivity index is 1.80. The first-order valence-corrected chi connectivity index (χ1v) is 7.17. The lowest BCUT2D eigenvalue weighted by Gasteiger charge is -2.06. The average molecular weight is 342 g/mol. The van der Waals surface area contributed by atoms with Crippen molar-refractivity contribution in [1.82, 2.24) is 29.5 Å². The molecule has 4 heterocycles. The Bertz CT molecular complexity index is 1040. The third-order valence-electron chi connectivity index (χ3n) is 3.56. The second-order valence-corrected chi connectivity index (χ2v) is 5.16. The summed E-state index contributed by atoms with van der Waals surface area (Å²) in [6, 6.07) is 7.16. The summed E-state index contributed by atoms with van der Waals surface area (Å²) in [4.78, 5) is 15.7. The number of pyridine rings is 2. The van der Waals surface area contributed by atoms with Gasteiger partial charge in [-0.25, -0.2) is 9.97 Å². The number of hydrogen-bond acceptors (Lipinski definition) is 5. The summed E-state index contributed by atoms with van der Waals surface area (Å²) in [5.74, 6) is -0.118. The summed E-state index contributed by atoms with van der Waals surface area (Å²) in [5, 5.41) is 3.83. The van der Waals surface area contributed by atoms with Crippen molar-refractivity contribution in [3.63, 3.8) is 0 Å². The van der Waals surface area contributed by atoms with E-state index in [9.17, 15) is 13.2 Å². The van der Waals surface area contributed by atoms with Crippen LogP contribution in [0.15, 0.2) is 55.2 Å². The lowest BCUT2D eigenvalue weighted by atomic mass is 10.1. The van der Waals surface area contributed by atoms with Crippen LogP contribution in [-0.2, 0) is 6.18 Å². The molecule has 0 atom stereocenters. The van der Waals surface area contributed by atoms with Crippen molar-refractivity contribution in [2.24, 2.45) is 0 Å². The molecule has 0 aliphatic rings. The van der Waals surface area contributed by atoms with Gasteiger partial charge in [0, 0.05) is 29.7 Å². The molecule has 0 spiro atoms. The van der Waals surface area contributed by atoms with E-state index >= 15 is 0 Å². The first-order chi connectivity index (χ1) is 12.0. The summed E-state index contributed by atoms with van der Waals surface area (Å²) >= 11 is 0. The molecule has 0 N–H and O–H groups in total. The van der Waals surface area contributed by atoms with Crippen LogP contribution in [0.4, 0.5) is 13.2 Å². The molecule has 25 heavy (non-hydrogen) atoms. The number of hydrogen-bond donors (Lipinski definition) is 0. The van der Waals surface area contributed by atoms with Gasteiger partial charge in [0.15, 0.2) is 5.69 Å². The van der Waals surface area contributed by atoms with Crippen molar-refractivity contribution in [1.29, 1.82) is 0 Å². The molecule has 0 amide bonds. The van der Waals surface area contributed by atoms with E-state index in [0.29, 0.717) is 23.1 Å². The molecular formula is C16H9F3N6. The van der Waals surface area contributed by atoms with Crippen LogP contribution in [0.1, 0.15) is 5.69 Å². The van der Waals surface area contributed by atoms with Crippen LogP contribution in [0.25, 0.3) is 28.3 Å². The van der Waals surface area contributed by atoms with Crippen LogP contribution in [0.3, 0.4) is 0 Å². The van der Waals surface area contributed by atoms with Crippen LogP contribution in [0, 0.1) is 0 Å². The van der Waals surface area contributed by atoms with E-state index in [0.717, 1.165) is 5.56 Å². The third-order valence-corrected chi connectivity index (χ3v) is 3.56. The monoisotopic (exact) mass is 342 g/mol. The van der Waals surface area contributed by atoms with Gasteiger partial charge in [-0.05, 0) is 24.3 Å². The number of nitrogens with zero attached hydrogens (tertiary/aromatic N) is 6. The van der Waals surface area contributed by atoms with Gasteiger partial charge in [0.2, 0.25) is 0 Å². The first kappa shape index (κ1) is 15.2. The third kappa shape index (κ3) is 2.80. The summed E-state index contributed by atoms with van der Waals surface area (Å²) in [5.41, 5.74) is 1.73. The van der Waals surface area contributed by atoms with Crippen molar-refractivity contribution >= 4 is 5.78 Å². The molecule has 0 saturated carbocycles. The standard InChI is InChI=1S/C16H9F3N6/c17-16(18,19)14-9-23-25-13(8-22-15(25)24-14)11-3-6-21-12(7-11)10-1-4-20-5-2-10/h1-9H. The Kier molecular flexibility index (Phi) is 3.41. The maximum Gasteiger partial charge on any atom is 0.435 e. The van der Waals surface area contributed by atoms with Gasteiger partial charge in [-0.1, -0.05) is 0 Å². The highest BCUT2D eigenvalue weighted by Crippen LogP contribution is 2.28. The minimum absolute atomic E-state index is 0.118. The summed E-state index contributed by atoms with van der Waals surface area (Å²) in [6.45, 7) is 0.